The summed E-state index contributed by atoms with van der Waals surface area (Å²) in [5, 5.41) is 0. The molecule has 1 heterocycles. The highest BCUT2D eigenvalue weighted by atomic mass is 16.5. The van der Waals surface area contributed by atoms with E-state index < -0.39 is 0 Å². The number of rotatable bonds is 4. The topological polar surface area (TPSA) is 68.2 Å². The van der Waals surface area contributed by atoms with Crippen molar-refractivity contribution >= 4 is 12.2 Å². The standard InChI is InChI=1S/C13H14N4O2/c1-17(2)12-14-11(15-13(16-12)19-3)10-6-4-9(8-18)5-7-10/h4-8H,1-3H3. The van der Waals surface area contributed by atoms with Gasteiger partial charge in [-0.3, -0.25) is 4.79 Å². The van der Waals surface area contributed by atoms with E-state index in [1.807, 2.05) is 14.1 Å². The lowest BCUT2D eigenvalue weighted by Gasteiger charge is -2.12. The number of nitrogens with zero attached hydrogens (tertiary/aromatic N) is 4. The van der Waals surface area contributed by atoms with Crippen LogP contribution in [0.25, 0.3) is 11.4 Å². The van der Waals surface area contributed by atoms with Gasteiger partial charge in [-0.2, -0.15) is 15.0 Å². The van der Waals surface area contributed by atoms with Gasteiger partial charge in [0.2, 0.25) is 5.95 Å². The number of hydrogen-bond acceptors (Lipinski definition) is 6. The van der Waals surface area contributed by atoms with Gasteiger partial charge in [0.05, 0.1) is 7.11 Å². The number of ether oxygens (including phenoxy) is 1. The second-order valence-electron chi connectivity index (χ2n) is 4.08. The molecule has 0 aliphatic carbocycles. The number of aromatic nitrogens is 3. The van der Waals surface area contributed by atoms with Crippen LogP contribution in [0.5, 0.6) is 6.01 Å². The molecule has 0 amide bonds. The van der Waals surface area contributed by atoms with Gasteiger partial charge in [-0.1, -0.05) is 24.3 Å². The first-order chi connectivity index (χ1) is 9.13. The highest BCUT2D eigenvalue weighted by molar-refractivity contribution is 5.76. The van der Waals surface area contributed by atoms with E-state index in [1.165, 1.54) is 7.11 Å². The molecular weight excluding hydrogens is 244 g/mol. The van der Waals surface area contributed by atoms with Gasteiger partial charge < -0.3 is 9.64 Å². The van der Waals surface area contributed by atoms with Gasteiger partial charge in [0, 0.05) is 25.2 Å². The third-order valence-corrected chi connectivity index (χ3v) is 2.49. The smallest absolute Gasteiger partial charge is 0.321 e. The Morgan fingerprint density at radius 3 is 2.32 bits per heavy atom. The van der Waals surface area contributed by atoms with Crippen LogP contribution in [0.2, 0.25) is 0 Å². The highest BCUT2D eigenvalue weighted by Crippen LogP contribution is 2.19. The van der Waals surface area contributed by atoms with E-state index in [1.54, 1.807) is 29.2 Å². The predicted molar refractivity (Wildman–Crippen MR) is 71.5 cm³/mol. The predicted octanol–water partition coefficient (Wildman–Crippen LogP) is 1.43. The van der Waals surface area contributed by atoms with E-state index in [0.717, 1.165) is 11.8 Å². The zero-order chi connectivity index (χ0) is 13.8. The van der Waals surface area contributed by atoms with Crippen LogP contribution in [0.15, 0.2) is 24.3 Å². The van der Waals surface area contributed by atoms with Gasteiger partial charge in [-0.25, -0.2) is 0 Å². The number of benzene rings is 1. The molecule has 2 aromatic rings. The molecule has 0 bridgehead atoms. The van der Waals surface area contributed by atoms with Crippen LogP contribution in [0.3, 0.4) is 0 Å². The van der Waals surface area contributed by atoms with E-state index in [9.17, 15) is 4.79 Å². The molecule has 0 fully saturated rings. The average molecular weight is 258 g/mol. The molecule has 0 N–H and O–H groups in total. The Bertz CT molecular complexity index is 582. The Kier molecular flexibility index (Phi) is 3.70. The second kappa shape index (κ2) is 5.43. The van der Waals surface area contributed by atoms with Crippen LogP contribution < -0.4 is 9.64 Å². The first-order valence-electron chi connectivity index (χ1n) is 5.67. The van der Waals surface area contributed by atoms with Gasteiger partial charge in [-0.15, -0.1) is 0 Å². The maximum atomic E-state index is 10.6. The largest absolute Gasteiger partial charge is 0.467 e. The van der Waals surface area contributed by atoms with Crippen molar-refractivity contribution in [3.63, 3.8) is 0 Å². The van der Waals surface area contributed by atoms with Gasteiger partial charge in [0.15, 0.2) is 5.82 Å². The van der Waals surface area contributed by atoms with Crippen LogP contribution in [0, 0.1) is 0 Å². The summed E-state index contributed by atoms with van der Waals surface area (Å²) < 4.78 is 5.07. The highest BCUT2D eigenvalue weighted by Gasteiger charge is 2.10. The summed E-state index contributed by atoms with van der Waals surface area (Å²) in [7, 11) is 5.19. The molecular formula is C13H14N4O2. The first-order valence-corrected chi connectivity index (χ1v) is 5.67. The fourth-order valence-corrected chi connectivity index (χ4v) is 1.48. The van der Waals surface area contributed by atoms with Gasteiger partial charge in [0.1, 0.15) is 6.29 Å². The normalized spacial score (nSPS) is 10.1. The summed E-state index contributed by atoms with van der Waals surface area (Å²) in [6.45, 7) is 0. The van der Waals surface area contributed by atoms with Crippen molar-refractivity contribution in [3.05, 3.63) is 29.8 Å². The van der Waals surface area contributed by atoms with Gasteiger partial charge in [-0.05, 0) is 0 Å². The summed E-state index contributed by atoms with van der Waals surface area (Å²) in [5.74, 6) is 1.02. The molecule has 19 heavy (non-hydrogen) atoms. The quantitative estimate of drug-likeness (QED) is 0.773. The third kappa shape index (κ3) is 2.85. The maximum absolute atomic E-state index is 10.6. The summed E-state index contributed by atoms with van der Waals surface area (Å²) >= 11 is 0. The van der Waals surface area contributed by atoms with Crippen molar-refractivity contribution in [3.8, 4) is 17.4 Å². The van der Waals surface area contributed by atoms with Crippen LogP contribution >= 0.6 is 0 Å². The van der Waals surface area contributed by atoms with Crippen molar-refractivity contribution in [1.82, 2.24) is 15.0 Å². The van der Waals surface area contributed by atoms with E-state index in [0.29, 0.717) is 17.3 Å². The molecule has 2 rings (SSSR count). The van der Waals surface area contributed by atoms with Gasteiger partial charge >= 0.3 is 6.01 Å². The summed E-state index contributed by atoms with van der Waals surface area (Å²) in [4.78, 5) is 25.1. The molecule has 0 atom stereocenters. The van der Waals surface area contributed by atoms with E-state index in [2.05, 4.69) is 15.0 Å². The Morgan fingerprint density at radius 1 is 1.11 bits per heavy atom. The molecule has 6 nitrogen and oxygen atoms in total. The molecule has 0 aliphatic heterocycles. The lowest BCUT2D eigenvalue weighted by Crippen LogP contribution is -2.14. The Labute approximate surface area is 111 Å². The molecule has 0 radical (unpaired) electrons. The van der Waals surface area contributed by atoms with Crippen LogP contribution in [-0.2, 0) is 0 Å². The van der Waals surface area contributed by atoms with Crippen molar-refractivity contribution in [1.29, 1.82) is 0 Å². The fourth-order valence-electron chi connectivity index (χ4n) is 1.48. The summed E-state index contributed by atoms with van der Waals surface area (Å²) in [6, 6.07) is 7.27. The molecule has 1 aromatic heterocycles. The molecule has 0 saturated carbocycles. The zero-order valence-corrected chi connectivity index (χ0v) is 11.0. The van der Waals surface area contributed by atoms with E-state index in [-0.39, 0.29) is 6.01 Å². The monoisotopic (exact) mass is 258 g/mol. The van der Waals surface area contributed by atoms with Crippen molar-refractivity contribution in [2.45, 2.75) is 0 Å². The molecule has 0 spiro atoms. The number of carbonyl (C=O) groups excluding carboxylic acids is 1. The number of anilines is 1. The zero-order valence-electron chi connectivity index (χ0n) is 11.0. The molecule has 0 aliphatic rings. The summed E-state index contributed by atoms with van der Waals surface area (Å²) in [5.41, 5.74) is 1.41. The fraction of sp³-hybridized carbons (Fsp3) is 0.231. The first kappa shape index (κ1) is 12.9. The number of aldehydes is 1. The summed E-state index contributed by atoms with van der Waals surface area (Å²) in [6.07, 6.45) is 0.795. The second-order valence-corrected chi connectivity index (χ2v) is 4.08. The third-order valence-electron chi connectivity index (χ3n) is 2.49. The molecule has 98 valence electrons. The van der Waals surface area contributed by atoms with Crippen molar-refractivity contribution in [2.75, 3.05) is 26.1 Å². The van der Waals surface area contributed by atoms with Crippen LogP contribution in [0.4, 0.5) is 5.95 Å². The molecule has 1 aromatic carbocycles. The lowest BCUT2D eigenvalue weighted by atomic mass is 10.1. The minimum absolute atomic E-state index is 0.258. The molecule has 0 unspecified atom stereocenters. The van der Waals surface area contributed by atoms with Crippen LogP contribution in [0.1, 0.15) is 10.4 Å². The Hall–Kier alpha value is -2.50. The van der Waals surface area contributed by atoms with Crippen molar-refractivity contribution < 1.29 is 9.53 Å². The van der Waals surface area contributed by atoms with Crippen molar-refractivity contribution in [2.24, 2.45) is 0 Å². The number of carbonyl (C=O) groups is 1. The molecule has 0 saturated heterocycles. The number of methoxy groups -OCH3 is 1. The lowest BCUT2D eigenvalue weighted by molar-refractivity contribution is 0.112. The van der Waals surface area contributed by atoms with Crippen LogP contribution in [-0.4, -0.2) is 42.4 Å². The Morgan fingerprint density at radius 2 is 1.79 bits per heavy atom. The SMILES string of the molecule is COc1nc(-c2ccc(C=O)cc2)nc(N(C)C)n1. The average Bonchev–Trinajstić information content (AvgIpc) is 2.46. The minimum Gasteiger partial charge on any atom is -0.467 e. The van der Waals surface area contributed by atoms with Gasteiger partial charge in [0.25, 0.3) is 0 Å². The van der Waals surface area contributed by atoms with E-state index in [4.69, 9.17) is 4.74 Å². The molecule has 6 heteroatoms. The Balaban J connectivity index is 2.47. The maximum Gasteiger partial charge on any atom is 0.321 e. The minimum atomic E-state index is 0.258. The number of hydrogen-bond donors (Lipinski definition) is 0. The van der Waals surface area contributed by atoms with E-state index >= 15 is 0 Å².